The Balaban J connectivity index is 1.66. The molecular formula is C21H14BrN5O6. The summed E-state index contributed by atoms with van der Waals surface area (Å²) in [6.07, 6.45) is 2.40. The van der Waals surface area contributed by atoms with E-state index in [4.69, 9.17) is 9.47 Å². The van der Waals surface area contributed by atoms with E-state index in [0.29, 0.717) is 26.7 Å². The summed E-state index contributed by atoms with van der Waals surface area (Å²) < 4.78 is 12.3. The van der Waals surface area contributed by atoms with Gasteiger partial charge in [0.05, 0.1) is 33.6 Å². The number of pyridine rings is 1. The summed E-state index contributed by atoms with van der Waals surface area (Å²) in [5.41, 5.74) is -0.475. The zero-order valence-electron chi connectivity index (χ0n) is 16.9. The second kappa shape index (κ2) is 9.04. The first-order valence-electron chi connectivity index (χ1n) is 9.31. The van der Waals surface area contributed by atoms with Crippen LogP contribution in [-0.2, 0) is 0 Å². The molecule has 11 nitrogen and oxygen atoms in total. The molecule has 2 aromatic carbocycles. The number of hydrogen-bond donors (Lipinski definition) is 1. The first-order valence-corrected chi connectivity index (χ1v) is 10.1. The molecule has 0 saturated carbocycles. The number of nitrogens with zero attached hydrogens (tertiary/aromatic N) is 4. The standard InChI is InChI=1S/C21H14BrN5O6/c1-32-17-9-12(8-15(22)19(17)33-18-7-6-13(11-23-18)27(30)31)10-24-26-20(28)14-4-2-3-5-16(14)25-21(26)29/h2-11H,1H3,(H,25,29). The second-order valence-corrected chi connectivity index (χ2v) is 7.44. The highest BCUT2D eigenvalue weighted by atomic mass is 79.9. The molecule has 0 aliphatic heterocycles. The average molecular weight is 512 g/mol. The third-order valence-corrected chi connectivity index (χ3v) is 5.09. The van der Waals surface area contributed by atoms with E-state index in [1.54, 1.807) is 36.4 Å². The molecule has 0 aliphatic rings. The number of nitrogens with one attached hydrogen (secondary N) is 1. The molecule has 2 aromatic heterocycles. The smallest absolute Gasteiger partial charge is 0.349 e. The molecule has 0 unspecified atom stereocenters. The Kier molecular flexibility index (Phi) is 6.00. The number of halogens is 1. The van der Waals surface area contributed by atoms with Crippen molar-refractivity contribution in [1.29, 1.82) is 0 Å². The third-order valence-electron chi connectivity index (χ3n) is 4.50. The highest BCUT2D eigenvalue weighted by molar-refractivity contribution is 9.10. The molecule has 0 bridgehead atoms. The van der Waals surface area contributed by atoms with Crippen LogP contribution in [0.15, 0.2) is 73.9 Å². The van der Waals surface area contributed by atoms with Gasteiger partial charge in [0.25, 0.3) is 11.2 Å². The summed E-state index contributed by atoms with van der Waals surface area (Å²) in [5.74, 6) is 0.692. The monoisotopic (exact) mass is 511 g/mol. The van der Waals surface area contributed by atoms with Crippen LogP contribution in [0.5, 0.6) is 17.4 Å². The molecule has 0 aliphatic carbocycles. The maximum Gasteiger partial charge on any atom is 0.349 e. The maximum absolute atomic E-state index is 12.6. The van der Waals surface area contributed by atoms with Crippen molar-refractivity contribution < 1.29 is 14.4 Å². The first-order chi connectivity index (χ1) is 15.9. The lowest BCUT2D eigenvalue weighted by molar-refractivity contribution is -0.385. The Labute approximate surface area is 193 Å². The Hall–Kier alpha value is -4.32. The van der Waals surface area contributed by atoms with Gasteiger partial charge < -0.3 is 14.5 Å². The predicted octanol–water partition coefficient (Wildman–Crippen LogP) is 3.44. The quantitative estimate of drug-likeness (QED) is 0.237. The van der Waals surface area contributed by atoms with Crippen LogP contribution >= 0.6 is 15.9 Å². The van der Waals surface area contributed by atoms with Gasteiger partial charge in [-0.3, -0.25) is 14.9 Å². The fourth-order valence-corrected chi connectivity index (χ4v) is 3.48. The second-order valence-electron chi connectivity index (χ2n) is 6.59. The summed E-state index contributed by atoms with van der Waals surface area (Å²) in [7, 11) is 1.43. The molecule has 0 saturated heterocycles. The van der Waals surface area contributed by atoms with Crippen molar-refractivity contribution in [3.63, 3.8) is 0 Å². The number of hydrogen-bond acceptors (Lipinski definition) is 8. The molecule has 0 fully saturated rings. The number of aromatic nitrogens is 3. The molecule has 0 atom stereocenters. The lowest BCUT2D eigenvalue weighted by Crippen LogP contribution is -2.32. The fraction of sp³-hybridized carbons (Fsp3) is 0.0476. The summed E-state index contributed by atoms with van der Waals surface area (Å²) in [4.78, 5) is 41.6. The summed E-state index contributed by atoms with van der Waals surface area (Å²) in [6, 6.07) is 12.5. The lowest BCUT2D eigenvalue weighted by Gasteiger charge is -2.12. The molecule has 0 spiro atoms. The number of benzene rings is 2. The Bertz CT molecular complexity index is 1510. The van der Waals surface area contributed by atoms with Crippen LogP contribution < -0.4 is 20.7 Å². The molecule has 33 heavy (non-hydrogen) atoms. The topological polar surface area (TPSA) is 142 Å². The van der Waals surface area contributed by atoms with Gasteiger partial charge in [-0.25, -0.2) is 9.78 Å². The zero-order chi connectivity index (χ0) is 23.5. The Morgan fingerprint density at radius 1 is 1.21 bits per heavy atom. The predicted molar refractivity (Wildman–Crippen MR) is 123 cm³/mol. The van der Waals surface area contributed by atoms with Gasteiger partial charge in [-0.05, 0) is 45.8 Å². The number of H-pyrrole nitrogens is 1. The van der Waals surface area contributed by atoms with Crippen molar-refractivity contribution in [2.75, 3.05) is 7.11 Å². The van der Waals surface area contributed by atoms with Crippen LogP contribution in [0.4, 0.5) is 5.69 Å². The minimum Gasteiger partial charge on any atom is -0.493 e. The minimum absolute atomic E-state index is 0.121. The van der Waals surface area contributed by atoms with Crippen LogP contribution in [0, 0.1) is 10.1 Å². The number of fused-ring (bicyclic) bond motifs is 1. The average Bonchev–Trinajstić information content (AvgIpc) is 2.80. The van der Waals surface area contributed by atoms with Gasteiger partial charge in [0.15, 0.2) is 11.5 Å². The van der Waals surface area contributed by atoms with E-state index in [2.05, 4.69) is 31.0 Å². The Morgan fingerprint density at radius 2 is 2.00 bits per heavy atom. The van der Waals surface area contributed by atoms with Gasteiger partial charge in [0.1, 0.15) is 6.20 Å². The molecule has 0 amide bonds. The maximum atomic E-state index is 12.6. The van der Waals surface area contributed by atoms with Gasteiger partial charge in [-0.2, -0.15) is 5.10 Å². The summed E-state index contributed by atoms with van der Waals surface area (Å²) in [5, 5.41) is 15.1. The summed E-state index contributed by atoms with van der Waals surface area (Å²) >= 11 is 3.38. The van der Waals surface area contributed by atoms with Crippen molar-refractivity contribution in [2.24, 2.45) is 5.10 Å². The molecule has 1 N–H and O–H groups in total. The van der Waals surface area contributed by atoms with E-state index in [9.17, 15) is 19.7 Å². The van der Waals surface area contributed by atoms with Gasteiger partial charge in [-0.1, -0.05) is 12.1 Å². The molecule has 2 heterocycles. The van der Waals surface area contributed by atoms with Gasteiger partial charge >= 0.3 is 5.69 Å². The van der Waals surface area contributed by atoms with E-state index >= 15 is 0 Å². The number of para-hydroxylation sites is 1. The number of methoxy groups -OCH3 is 1. The Morgan fingerprint density at radius 3 is 2.70 bits per heavy atom. The van der Waals surface area contributed by atoms with Crippen LogP contribution in [0.3, 0.4) is 0 Å². The van der Waals surface area contributed by atoms with Crippen molar-refractivity contribution in [3.8, 4) is 17.4 Å². The molecule has 4 rings (SSSR count). The molecular weight excluding hydrogens is 498 g/mol. The van der Waals surface area contributed by atoms with Crippen LogP contribution in [0.2, 0.25) is 0 Å². The normalized spacial score (nSPS) is 11.1. The van der Waals surface area contributed by atoms with E-state index < -0.39 is 16.2 Å². The molecule has 4 aromatic rings. The minimum atomic E-state index is -0.676. The van der Waals surface area contributed by atoms with Crippen LogP contribution in [0.25, 0.3) is 10.9 Å². The third kappa shape index (κ3) is 4.50. The number of aromatic amines is 1. The molecule has 0 radical (unpaired) electrons. The summed E-state index contributed by atoms with van der Waals surface area (Å²) in [6.45, 7) is 0. The van der Waals surface area contributed by atoms with Crippen molar-refractivity contribution in [1.82, 2.24) is 14.6 Å². The van der Waals surface area contributed by atoms with Gasteiger partial charge in [0.2, 0.25) is 5.88 Å². The van der Waals surface area contributed by atoms with E-state index in [0.717, 1.165) is 10.9 Å². The molecule has 166 valence electrons. The van der Waals surface area contributed by atoms with Crippen molar-refractivity contribution in [3.05, 3.63) is 95.7 Å². The fourth-order valence-electron chi connectivity index (χ4n) is 2.94. The van der Waals surface area contributed by atoms with Crippen LogP contribution in [0.1, 0.15) is 5.56 Å². The largest absolute Gasteiger partial charge is 0.493 e. The number of nitro groups is 1. The van der Waals surface area contributed by atoms with Crippen molar-refractivity contribution >= 4 is 38.7 Å². The zero-order valence-corrected chi connectivity index (χ0v) is 18.5. The van der Waals surface area contributed by atoms with Crippen LogP contribution in [-0.4, -0.2) is 32.9 Å². The van der Waals surface area contributed by atoms with Gasteiger partial charge in [0, 0.05) is 12.1 Å². The molecule has 12 heteroatoms. The van der Waals surface area contributed by atoms with E-state index in [1.165, 1.54) is 25.5 Å². The van der Waals surface area contributed by atoms with Gasteiger partial charge in [-0.15, -0.1) is 4.68 Å². The van der Waals surface area contributed by atoms with Crippen molar-refractivity contribution in [2.45, 2.75) is 0 Å². The highest BCUT2D eigenvalue weighted by Crippen LogP contribution is 2.39. The number of ether oxygens (including phenoxy) is 2. The first kappa shape index (κ1) is 21.9. The van der Waals surface area contributed by atoms with E-state index in [1.807, 2.05) is 0 Å². The van der Waals surface area contributed by atoms with E-state index in [-0.39, 0.29) is 17.3 Å². The number of rotatable bonds is 6. The SMILES string of the molecule is COc1cc(C=Nn2c(=O)[nH]c3ccccc3c2=O)cc(Br)c1Oc1ccc([N+](=O)[O-])cn1. The highest BCUT2D eigenvalue weighted by Gasteiger charge is 2.14. The lowest BCUT2D eigenvalue weighted by atomic mass is 10.2.